The van der Waals surface area contributed by atoms with Crippen molar-refractivity contribution in [2.45, 2.75) is 12.8 Å². The van der Waals surface area contributed by atoms with Gasteiger partial charge >= 0.3 is 0 Å². The molecule has 0 amide bonds. The Labute approximate surface area is 161 Å². The average Bonchev–Trinajstić information content (AvgIpc) is 3.37. The van der Waals surface area contributed by atoms with Crippen LogP contribution in [0.5, 0.6) is 0 Å². The molecule has 0 unspecified atom stereocenters. The number of anilines is 1. The van der Waals surface area contributed by atoms with E-state index in [1.54, 1.807) is 6.07 Å². The van der Waals surface area contributed by atoms with Gasteiger partial charge in [-0.2, -0.15) is 0 Å². The maximum absolute atomic E-state index is 14.1. The summed E-state index contributed by atoms with van der Waals surface area (Å²) in [6.45, 7) is 2.24. The lowest BCUT2D eigenvalue weighted by atomic mass is 10.1. The number of halogens is 2. The van der Waals surface area contributed by atoms with Gasteiger partial charge in [0.2, 0.25) is 0 Å². The molecule has 3 heterocycles. The van der Waals surface area contributed by atoms with E-state index in [0.717, 1.165) is 36.1 Å². The predicted octanol–water partition coefficient (Wildman–Crippen LogP) is 5.55. The van der Waals surface area contributed by atoms with Crippen molar-refractivity contribution in [3.63, 3.8) is 0 Å². The average molecular weight is 375 g/mol. The lowest BCUT2D eigenvalue weighted by Gasteiger charge is -2.17. The molecule has 28 heavy (non-hydrogen) atoms. The van der Waals surface area contributed by atoms with E-state index >= 15 is 0 Å². The van der Waals surface area contributed by atoms with Crippen molar-refractivity contribution in [1.29, 1.82) is 0 Å². The first-order valence-electron chi connectivity index (χ1n) is 9.47. The van der Waals surface area contributed by atoms with Crippen LogP contribution >= 0.6 is 0 Å². The van der Waals surface area contributed by atoms with Crippen LogP contribution in [0.1, 0.15) is 12.8 Å². The summed E-state index contributed by atoms with van der Waals surface area (Å²) < 4.78 is 29.2. The zero-order valence-corrected chi connectivity index (χ0v) is 15.3. The predicted molar refractivity (Wildman–Crippen MR) is 107 cm³/mol. The van der Waals surface area contributed by atoms with E-state index in [2.05, 4.69) is 34.1 Å². The van der Waals surface area contributed by atoms with Crippen molar-refractivity contribution >= 4 is 11.3 Å². The molecule has 5 rings (SSSR count). The second kappa shape index (κ2) is 6.75. The number of rotatable bonds is 3. The Morgan fingerprint density at radius 2 is 1.54 bits per heavy atom. The van der Waals surface area contributed by atoms with Crippen LogP contribution in [0.3, 0.4) is 0 Å². The molecule has 1 saturated heterocycles. The zero-order chi connectivity index (χ0) is 19.1. The smallest absolute Gasteiger partial charge is 0.137 e. The Kier molecular flexibility index (Phi) is 4.08. The highest BCUT2D eigenvalue weighted by molar-refractivity contribution is 5.69. The molecule has 1 fully saturated rings. The first-order valence-corrected chi connectivity index (χ1v) is 9.47. The standard InChI is InChI=1S/C23H19F2N3/c24-18-6-9-20(21(25)13-18)17-5-10-23-26-22(15-28(23)14-17)16-3-7-19(8-4-16)27-11-1-2-12-27/h3-10,13-15H,1-2,11-12H2. The lowest BCUT2D eigenvalue weighted by molar-refractivity contribution is 0.585. The number of imidazole rings is 1. The molecule has 0 atom stereocenters. The van der Waals surface area contributed by atoms with Crippen LogP contribution in [-0.2, 0) is 0 Å². The van der Waals surface area contributed by atoms with Crippen molar-refractivity contribution in [2.75, 3.05) is 18.0 Å². The highest BCUT2D eigenvalue weighted by atomic mass is 19.1. The number of nitrogens with zero attached hydrogens (tertiary/aromatic N) is 3. The molecule has 4 aromatic rings. The Morgan fingerprint density at radius 3 is 2.29 bits per heavy atom. The van der Waals surface area contributed by atoms with Gasteiger partial charge in [-0.1, -0.05) is 12.1 Å². The van der Waals surface area contributed by atoms with Crippen molar-refractivity contribution in [3.8, 4) is 22.4 Å². The molecule has 5 heteroatoms. The molecular weight excluding hydrogens is 356 g/mol. The summed E-state index contributed by atoms with van der Waals surface area (Å²) >= 11 is 0. The highest BCUT2D eigenvalue weighted by Crippen LogP contribution is 2.27. The van der Waals surface area contributed by atoms with Gasteiger partial charge in [0.05, 0.1) is 5.69 Å². The summed E-state index contributed by atoms with van der Waals surface area (Å²) in [4.78, 5) is 7.08. The minimum absolute atomic E-state index is 0.369. The first kappa shape index (κ1) is 16.9. The van der Waals surface area contributed by atoms with Crippen LogP contribution in [0.25, 0.3) is 28.0 Å². The van der Waals surface area contributed by atoms with Crippen LogP contribution in [0, 0.1) is 11.6 Å². The third-order valence-corrected chi connectivity index (χ3v) is 5.33. The molecule has 0 N–H and O–H groups in total. The maximum atomic E-state index is 14.1. The van der Waals surface area contributed by atoms with Crippen LogP contribution < -0.4 is 4.90 Å². The third-order valence-electron chi connectivity index (χ3n) is 5.33. The molecule has 0 spiro atoms. The third kappa shape index (κ3) is 3.03. The van der Waals surface area contributed by atoms with Gasteiger partial charge in [0.15, 0.2) is 0 Å². The Morgan fingerprint density at radius 1 is 0.786 bits per heavy atom. The summed E-state index contributed by atoms with van der Waals surface area (Å²) in [7, 11) is 0. The van der Waals surface area contributed by atoms with Gasteiger partial charge in [0.25, 0.3) is 0 Å². The number of fused-ring (bicyclic) bond motifs is 1. The van der Waals surface area contributed by atoms with Gasteiger partial charge in [-0.25, -0.2) is 13.8 Å². The van der Waals surface area contributed by atoms with Crippen molar-refractivity contribution in [1.82, 2.24) is 9.38 Å². The van der Waals surface area contributed by atoms with Crippen molar-refractivity contribution < 1.29 is 8.78 Å². The molecule has 140 valence electrons. The van der Waals surface area contributed by atoms with Crippen LogP contribution in [0.15, 0.2) is 67.0 Å². The monoisotopic (exact) mass is 375 g/mol. The molecule has 0 aliphatic carbocycles. The molecule has 3 nitrogen and oxygen atoms in total. The summed E-state index contributed by atoms with van der Waals surface area (Å²) in [5.74, 6) is -1.15. The minimum atomic E-state index is -0.579. The molecule has 1 aliphatic rings. The van der Waals surface area contributed by atoms with Crippen molar-refractivity contribution in [2.24, 2.45) is 0 Å². The van der Waals surface area contributed by atoms with Crippen LogP contribution in [-0.4, -0.2) is 22.5 Å². The molecular formula is C23H19F2N3. The van der Waals surface area contributed by atoms with Gasteiger partial charge in [-0.3, -0.25) is 0 Å². The SMILES string of the molecule is Fc1ccc(-c2ccc3nc(-c4ccc(N5CCCC5)cc4)cn3c2)c(F)c1. The number of pyridine rings is 1. The van der Waals surface area contributed by atoms with Gasteiger partial charge in [-0.15, -0.1) is 0 Å². The fourth-order valence-electron chi connectivity index (χ4n) is 3.83. The highest BCUT2D eigenvalue weighted by Gasteiger charge is 2.13. The second-order valence-electron chi connectivity index (χ2n) is 7.17. The Hall–Kier alpha value is -3.21. The second-order valence-corrected chi connectivity index (χ2v) is 7.17. The van der Waals surface area contributed by atoms with Crippen molar-refractivity contribution in [3.05, 3.63) is 78.6 Å². The fraction of sp³-hybridized carbons (Fsp3) is 0.174. The molecule has 0 saturated carbocycles. The van der Waals surface area contributed by atoms with Gasteiger partial charge < -0.3 is 9.30 Å². The van der Waals surface area contributed by atoms with Crippen LogP contribution in [0.4, 0.5) is 14.5 Å². The topological polar surface area (TPSA) is 20.5 Å². The van der Waals surface area contributed by atoms with E-state index in [1.807, 2.05) is 22.9 Å². The summed E-state index contributed by atoms with van der Waals surface area (Å²) in [5.41, 5.74) is 4.99. The number of hydrogen-bond donors (Lipinski definition) is 0. The number of aromatic nitrogens is 2. The quantitative estimate of drug-likeness (QED) is 0.468. The molecule has 1 aliphatic heterocycles. The zero-order valence-electron chi connectivity index (χ0n) is 15.3. The van der Waals surface area contributed by atoms with E-state index in [1.165, 1.54) is 30.7 Å². The lowest BCUT2D eigenvalue weighted by Crippen LogP contribution is -2.17. The largest absolute Gasteiger partial charge is 0.372 e. The number of benzene rings is 2. The molecule has 0 bridgehead atoms. The summed E-state index contributed by atoms with van der Waals surface area (Å²) in [5, 5.41) is 0. The normalized spacial score (nSPS) is 14.1. The minimum Gasteiger partial charge on any atom is -0.372 e. The number of hydrogen-bond acceptors (Lipinski definition) is 2. The van der Waals surface area contributed by atoms with E-state index in [0.29, 0.717) is 11.1 Å². The van der Waals surface area contributed by atoms with E-state index in [-0.39, 0.29) is 0 Å². The van der Waals surface area contributed by atoms with Gasteiger partial charge in [0.1, 0.15) is 17.3 Å². The fourth-order valence-corrected chi connectivity index (χ4v) is 3.83. The van der Waals surface area contributed by atoms with E-state index < -0.39 is 11.6 Å². The van der Waals surface area contributed by atoms with Crippen LogP contribution in [0.2, 0.25) is 0 Å². The maximum Gasteiger partial charge on any atom is 0.137 e. The Bertz CT molecular complexity index is 1140. The molecule has 2 aromatic heterocycles. The summed E-state index contributed by atoms with van der Waals surface area (Å²) in [6, 6.07) is 15.8. The molecule has 0 radical (unpaired) electrons. The molecule has 2 aromatic carbocycles. The summed E-state index contributed by atoms with van der Waals surface area (Å²) in [6.07, 6.45) is 6.27. The Balaban J connectivity index is 1.48. The van der Waals surface area contributed by atoms with E-state index in [9.17, 15) is 8.78 Å². The van der Waals surface area contributed by atoms with E-state index in [4.69, 9.17) is 0 Å². The van der Waals surface area contributed by atoms with Gasteiger partial charge in [0, 0.05) is 53.9 Å². The van der Waals surface area contributed by atoms with Gasteiger partial charge in [-0.05, 0) is 49.2 Å². The first-order chi connectivity index (χ1) is 13.7.